The number of aryl methyl sites for hydroxylation is 1. The highest BCUT2D eigenvalue weighted by atomic mass is 15.2. The van der Waals surface area contributed by atoms with Gasteiger partial charge in [0.1, 0.15) is 0 Å². The third-order valence-electron chi connectivity index (χ3n) is 4.76. The number of piperidine rings is 1. The highest BCUT2D eigenvalue weighted by Gasteiger charge is 2.17. The van der Waals surface area contributed by atoms with Crippen molar-refractivity contribution < 1.29 is 0 Å². The van der Waals surface area contributed by atoms with Crippen molar-refractivity contribution in [2.45, 2.75) is 38.8 Å². The molecule has 2 heterocycles. The van der Waals surface area contributed by atoms with Crippen molar-refractivity contribution in [3.63, 3.8) is 0 Å². The molecule has 2 aromatic rings. The second kappa shape index (κ2) is 7.18. The Balaban J connectivity index is 1.60. The number of nitrogens with two attached hydrogens (primary N) is 1. The van der Waals surface area contributed by atoms with Crippen LogP contribution in [-0.2, 0) is 13.0 Å². The molecule has 0 spiro atoms. The van der Waals surface area contributed by atoms with Gasteiger partial charge in [0.15, 0.2) is 0 Å². The second-order valence-electron chi connectivity index (χ2n) is 6.87. The summed E-state index contributed by atoms with van der Waals surface area (Å²) >= 11 is 0. The minimum Gasteiger partial charge on any atom is -0.399 e. The first kappa shape index (κ1) is 16.7. The van der Waals surface area contributed by atoms with E-state index in [4.69, 9.17) is 5.73 Å². The summed E-state index contributed by atoms with van der Waals surface area (Å²) in [5, 5.41) is 8.07. The van der Waals surface area contributed by atoms with Gasteiger partial charge in [-0.25, -0.2) is 0 Å². The Morgan fingerprint density at radius 2 is 2.25 bits per heavy atom. The van der Waals surface area contributed by atoms with Crippen molar-refractivity contribution in [3.8, 4) is 0 Å². The zero-order valence-corrected chi connectivity index (χ0v) is 14.8. The predicted octanol–water partition coefficient (Wildman–Crippen LogP) is 2.56. The van der Waals surface area contributed by atoms with E-state index in [0.29, 0.717) is 6.04 Å². The topological polar surface area (TPSA) is 69.1 Å². The Bertz CT molecular complexity index is 718. The van der Waals surface area contributed by atoms with Gasteiger partial charge >= 0.3 is 0 Å². The molecule has 0 saturated carbocycles. The van der Waals surface area contributed by atoms with E-state index in [0.717, 1.165) is 36.7 Å². The molecule has 0 amide bonds. The highest BCUT2D eigenvalue weighted by molar-refractivity contribution is 5.86. The third kappa shape index (κ3) is 3.85. The van der Waals surface area contributed by atoms with Crippen LogP contribution in [0.5, 0.6) is 0 Å². The maximum absolute atomic E-state index is 5.99. The molecule has 5 N–H and O–H groups in total. The van der Waals surface area contributed by atoms with Crippen molar-refractivity contribution in [2.75, 3.05) is 25.9 Å². The van der Waals surface area contributed by atoms with E-state index in [-0.39, 0.29) is 0 Å². The maximum atomic E-state index is 5.99. The van der Waals surface area contributed by atoms with Gasteiger partial charge in [0.25, 0.3) is 0 Å². The first-order valence-electron chi connectivity index (χ1n) is 8.83. The number of hydrogen-bond donors (Lipinski definition) is 4. The number of likely N-dealkylation sites (N-methyl/N-ethyl adjacent to an activating group) is 1. The number of fused-ring (bicyclic) bond motifs is 1. The number of aromatic nitrogens is 1. The van der Waals surface area contributed by atoms with E-state index >= 15 is 0 Å². The summed E-state index contributed by atoms with van der Waals surface area (Å²) in [6, 6.07) is 6.73. The van der Waals surface area contributed by atoms with Gasteiger partial charge in [0.05, 0.1) is 12.4 Å². The molecule has 1 unspecified atom stereocenters. The van der Waals surface area contributed by atoms with Gasteiger partial charge in [0.2, 0.25) is 0 Å². The van der Waals surface area contributed by atoms with Gasteiger partial charge in [-0.1, -0.05) is 13.5 Å². The largest absolute Gasteiger partial charge is 0.399 e. The molecule has 0 aliphatic carbocycles. The minimum absolute atomic E-state index is 0.484. The lowest BCUT2D eigenvalue weighted by Crippen LogP contribution is -2.45. The van der Waals surface area contributed by atoms with E-state index in [9.17, 15) is 0 Å². The lowest BCUT2D eigenvalue weighted by molar-refractivity contribution is 0.233. The zero-order valence-electron chi connectivity index (χ0n) is 14.8. The standard InChI is InChI=1S/C19H29N5/c1-4-14-8-16(20)9-15-10-18(23-19(14)15)11-21-13(2)22-17-6-5-7-24(3)12-17/h8-10,17,21-23H,2,4-7,11-12,20H2,1,3H3. The predicted molar refractivity (Wildman–Crippen MR) is 102 cm³/mol. The number of nitrogens with one attached hydrogen (secondary N) is 3. The molecule has 1 aliphatic heterocycles. The van der Waals surface area contributed by atoms with Crippen molar-refractivity contribution in [1.82, 2.24) is 20.5 Å². The summed E-state index contributed by atoms with van der Waals surface area (Å²) in [6.07, 6.45) is 3.42. The first-order valence-corrected chi connectivity index (χ1v) is 8.83. The minimum atomic E-state index is 0.484. The molecular weight excluding hydrogens is 298 g/mol. The Labute approximate surface area is 144 Å². The molecule has 1 atom stereocenters. The fourth-order valence-electron chi connectivity index (χ4n) is 3.56. The fraction of sp³-hybridized carbons (Fsp3) is 0.474. The molecule has 5 heteroatoms. The molecule has 24 heavy (non-hydrogen) atoms. The summed E-state index contributed by atoms with van der Waals surface area (Å²) in [5.41, 5.74) is 10.4. The van der Waals surface area contributed by atoms with Crippen LogP contribution in [0.25, 0.3) is 10.9 Å². The summed E-state index contributed by atoms with van der Waals surface area (Å²) < 4.78 is 0. The molecule has 130 valence electrons. The highest BCUT2D eigenvalue weighted by Crippen LogP contribution is 2.23. The Kier molecular flexibility index (Phi) is 5.00. The van der Waals surface area contributed by atoms with E-state index < -0.39 is 0 Å². The van der Waals surface area contributed by atoms with Crippen LogP contribution in [0.4, 0.5) is 5.69 Å². The SMILES string of the molecule is C=C(NCc1cc2cc(N)cc(CC)c2[nH]1)NC1CCCN(C)C1. The van der Waals surface area contributed by atoms with E-state index in [1.165, 1.54) is 35.9 Å². The number of nitrogen functional groups attached to an aromatic ring is 1. The molecule has 1 aromatic carbocycles. The lowest BCUT2D eigenvalue weighted by atomic mass is 10.1. The van der Waals surface area contributed by atoms with Crippen molar-refractivity contribution in [2.24, 2.45) is 0 Å². The Hall–Kier alpha value is -2.14. The van der Waals surface area contributed by atoms with Crippen molar-refractivity contribution in [3.05, 3.63) is 41.9 Å². The summed E-state index contributed by atoms with van der Waals surface area (Å²) in [4.78, 5) is 5.88. The normalized spacial score (nSPS) is 18.7. The Morgan fingerprint density at radius 1 is 1.42 bits per heavy atom. The third-order valence-corrected chi connectivity index (χ3v) is 4.76. The van der Waals surface area contributed by atoms with Gasteiger partial charge in [-0.3, -0.25) is 0 Å². The van der Waals surface area contributed by atoms with Crippen LogP contribution in [0, 0.1) is 0 Å². The lowest BCUT2D eigenvalue weighted by Gasteiger charge is -2.31. The number of benzene rings is 1. The summed E-state index contributed by atoms with van der Waals surface area (Å²) in [7, 11) is 2.17. The monoisotopic (exact) mass is 327 g/mol. The first-order chi connectivity index (χ1) is 11.5. The Morgan fingerprint density at radius 3 is 3.00 bits per heavy atom. The average Bonchev–Trinajstić information content (AvgIpc) is 2.95. The van der Waals surface area contributed by atoms with Crippen LogP contribution in [0.1, 0.15) is 31.0 Å². The second-order valence-corrected chi connectivity index (χ2v) is 6.87. The number of rotatable bonds is 6. The van der Waals surface area contributed by atoms with Crippen LogP contribution >= 0.6 is 0 Å². The molecule has 3 rings (SSSR count). The number of likely N-dealkylation sites (tertiary alicyclic amines) is 1. The van der Waals surface area contributed by atoms with E-state index in [1.807, 2.05) is 6.07 Å². The molecule has 5 nitrogen and oxygen atoms in total. The van der Waals surface area contributed by atoms with Crippen molar-refractivity contribution >= 4 is 16.6 Å². The maximum Gasteiger partial charge on any atom is 0.0918 e. The van der Waals surface area contributed by atoms with E-state index in [2.05, 4.69) is 53.2 Å². The van der Waals surface area contributed by atoms with Crippen molar-refractivity contribution in [1.29, 1.82) is 0 Å². The van der Waals surface area contributed by atoms with Gasteiger partial charge in [-0.15, -0.1) is 0 Å². The number of nitrogens with zero attached hydrogens (tertiary/aromatic N) is 1. The van der Waals surface area contributed by atoms with Crippen LogP contribution < -0.4 is 16.4 Å². The fourth-order valence-corrected chi connectivity index (χ4v) is 3.56. The van der Waals surface area contributed by atoms with Crippen LogP contribution in [-0.4, -0.2) is 36.1 Å². The average molecular weight is 327 g/mol. The number of anilines is 1. The number of H-pyrrole nitrogens is 1. The molecule has 1 saturated heterocycles. The number of hydrogen-bond acceptors (Lipinski definition) is 4. The quantitative estimate of drug-likeness (QED) is 0.616. The van der Waals surface area contributed by atoms with Gasteiger partial charge in [0, 0.05) is 34.9 Å². The van der Waals surface area contributed by atoms with Crippen LogP contribution in [0.2, 0.25) is 0 Å². The van der Waals surface area contributed by atoms with Gasteiger partial charge in [-0.05, 0) is 56.6 Å². The van der Waals surface area contributed by atoms with Crippen LogP contribution in [0.15, 0.2) is 30.6 Å². The summed E-state index contributed by atoms with van der Waals surface area (Å²) in [6.45, 7) is 9.26. The molecule has 1 aliphatic rings. The zero-order chi connectivity index (χ0) is 17.1. The van der Waals surface area contributed by atoms with Gasteiger partial charge < -0.3 is 26.3 Å². The molecule has 1 aromatic heterocycles. The molecular formula is C19H29N5. The summed E-state index contributed by atoms with van der Waals surface area (Å²) in [5.74, 6) is 0.893. The molecule has 1 fully saturated rings. The number of aromatic amines is 1. The van der Waals surface area contributed by atoms with Crippen LogP contribution in [0.3, 0.4) is 0 Å². The van der Waals surface area contributed by atoms with E-state index in [1.54, 1.807) is 0 Å². The molecule has 0 radical (unpaired) electrons. The molecule has 0 bridgehead atoms. The smallest absolute Gasteiger partial charge is 0.0918 e. The van der Waals surface area contributed by atoms with Gasteiger partial charge in [-0.2, -0.15) is 0 Å².